The molecule has 0 bridgehead atoms. The van der Waals surface area contributed by atoms with Gasteiger partial charge in [-0.25, -0.2) is 8.78 Å². The molecule has 0 aliphatic heterocycles. The maximum atomic E-state index is 13.0. The molecule has 0 fully saturated rings. The molecule has 0 heterocycles. The van der Waals surface area contributed by atoms with E-state index in [2.05, 4.69) is 0 Å². The fourth-order valence-electron chi connectivity index (χ4n) is 1.57. The molecule has 0 aliphatic rings. The molecule has 18 heavy (non-hydrogen) atoms. The number of carbonyl (C=O) groups is 1. The lowest BCUT2D eigenvalue weighted by Crippen LogP contribution is -1.92. The smallest absolute Gasteiger partial charge is 0.153 e. The van der Waals surface area contributed by atoms with E-state index >= 15 is 0 Å². The molecule has 0 amide bonds. The van der Waals surface area contributed by atoms with Crippen molar-refractivity contribution >= 4 is 6.29 Å². The van der Waals surface area contributed by atoms with Crippen LogP contribution in [0.1, 0.15) is 15.9 Å². The molecule has 2 aromatic rings. The Morgan fingerprint density at radius 3 is 2.33 bits per heavy atom. The van der Waals surface area contributed by atoms with Crippen LogP contribution in [0.25, 0.3) is 0 Å². The number of hydrogen-bond donors (Lipinski definition) is 0. The fraction of sp³-hybridized carbons (Fsp3) is 0.0714. The Morgan fingerprint density at radius 2 is 1.72 bits per heavy atom. The van der Waals surface area contributed by atoms with Gasteiger partial charge in [-0.1, -0.05) is 11.6 Å². The van der Waals surface area contributed by atoms with Gasteiger partial charge >= 0.3 is 0 Å². The predicted octanol–water partition coefficient (Wildman–Crippen LogP) is 3.88. The third-order valence-corrected chi connectivity index (χ3v) is 2.36. The second-order valence-electron chi connectivity index (χ2n) is 3.87. The highest BCUT2D eigenvalue weighted by molar-refractivity contribution is 5.79. The summed E-state index contributed by atoms with van der Waals surface area (Å²) >= 11 is 0. The summed E-state index contributed by atoms with van der Waals surface area (Å²) in [5.41, 5.74) is 1.23. The molecule has 2 rings (SSSR count). The second-order valence-corrected chi connectivity index (χ2v) is 3.87. The Morgan fingerprint density at radius 1 is 1.06 bits per heavy atom. The van der Waals surface area contributed by atoms with Crippen LogP contribution in [0.2, 0.25) is 0 Å². The van der Waals surface area contributed by atoms with Crippen LogP contribution in [-0.4, -0.2) is 6.29 Å². The second kappa shape index (κ2) is 4.96. The molecule has 2 aromatic carbocycles. The summed E-state index contributed by atoms with van der Waals surface area (Å²) in [7, 11) is 0. The van der Waals surface area contributed by atoms with Crippen LogP contribution in [0.15, 0.2) is 36.4 Å². The van der Waals surface area contributed by atoms with Crippen LogP contribution >= 0.6 is 0 Å². The average molecular weight is 248 g/mol. The van der Waals surface area contributed by atoms with Gasteiger partial charge in [0.2, 0.25) is 0 Å². The molecule has 0 saturated carbocycles. The summed E-state index contributed by atoms with van der Waals surface area (Å²) in [5.74, 6) is -1.19. The van der Waals surface area contributed by atoms with E-state index in [0.717, 1.165) is 23.8 Å². The zero-order valence-corrected chi connectivity index (χ0v) is 9.61. The van der Waals surface area contributed by atoms with Crippen molar-refractivity contribution in [3.63, 3.8) is 0 Å². The Hall–Kier alpha value is -2.23. The zero-order chi connectivity index (χ0) is 13.1. The minimum Gasteiger partial charge on any atom is -0.456 e. The summed E-state index contributed by atoms with van der Waals surface area (Å²) < 4.78 is 31.3. The summed E-state index contributed by atoms with van der Waals surface area (Å²) in [6.07, 6.45) is 0.637. The maximum Gasteiger partial charge on any atom is 0.153 e. The summed E-state index contributed by atoms with van der Waals surface area (Å²) in [4.78, 5) is 10.9. The summed E-state index contributed by atoms with van der Waals surface area (Å²) in [6, 6.07) is 7.83. The van der Waals surface area contributed by atoms with Crippen molar-refractivity contribution in [2.45, 2.75) is 6.92 Å². The van der Waals surface area contributed by atoms with E-state index in [0.29, 0.717) is 11.8 Å². The quantitative estimate of drug-likeness (QED) is 0.770. The summed E-state index contributed by atoms with van der Waals surface area (Å²) in [5, 5.41) is 0. The first kappa shape index (κ1) is 12.2. The van der Waals surface area contributed by atoms with Gasteiger partial charge in [0.05, 0.1) is 5.56 Å². The normalized spacial score (nSPS) is 10.2. The predicted molar refractivity (Wildman–Crippen MR) is 63.0 cm³/mol. The van der Waals surface area contributed by atoms with E-state index < -0.39 is 11.6 Å². The van der Waals surface area contributed by atoms with Crippen molar-refractivity contribution < 1.29 is 18.3 Å². The van der Waals surface area contributed by atoms with Gasteiger partial charge in [0.1, 0.15) is 23.1 Å². The molecule has 0 aromatic heterocycles. The molecular formula is C14H10F2O2. The van der Waals surface area contributed by atoms with Gasteiger partial charge in [0.15, 0.2) is 6.29 Å². The Bertz CT molecular complexity index is 574. The number of carbonyl (C=O) groups excluding carboxylic acids is 1. The molecule has 0 aliphatic carbocycles. The molecule has 2 nitrogen and oxygen atoms in total. The van der Waals surface area contributed by atoms with E-state index in [1.165, 1.54) is 0 Å². The number of benzene rings is 2. The van der Waals surface area contributed by atoms with E-state index in [1.54, 1.807) is 18.2 Å². The minimum absolute atomic E-state index is 0.0134. The number of hydrogen-bond acceptors (Lipinski definition) is 2. The van der Waals surface area contributed by atoms with Crippen LogP contribution in [0.5, 0.6) is 11.5 Å². The number of aryl methyl sites for hydroxylation is 1. The maximum absolute atomic E-state index is 13.0. The third-order valence-electron chi connectivity index (χ3n) is 2.36. The minimum atomic E-state index is -0.732. The van der Waals surface area contributed by atoms with Crippen LogP contribution in [-0.2, 0) is 0 Å². The van der Waals surface area contributed by atoms with Crippen molar-refractivity contribution in [1.29, 1.82) is 0 Å². The van der Waals surface area contributed by atoms with Crippen molar-refractivity contribution in [2.75, 3.05) is 0 Å². The Labute approximate surface area is 103 Å². The number of aldehydes is 1. The van der Waals surface area contributed by atoms with E-state index in [1.807, 2.05) is 6.92 Å². The van der Waals surface area contributed by atoms with Gasteiger partial charge in [0, 0.05) is 18.2 Å². The monoisotopic (exact) mass is 248 g/mol. The van der Waals surface area contributed by atoms with Crippen molar-refractivity contribution in [3.05, 3.63) is 59.2 Å². The SMILES string of the molecule is Cc1ccc(Oc2cc(F)cc(F)c2)c(C=O)c1. The summed E-state index contributed by atoms with van der Waals surface area (Å²) in [6.45, 7) is 1.83. The van der Waals surface area contributed by atoms with Crippen LogP contribution in [0.4, 0.5) is 8.78 Å². The molecule has 0 N–H and O–H groups in total. The molecule has 4 heteroatoms. The molecule has 0 atom stereocenters. The van der Waals surface area contributed by atoms with Gasteiger partial charge < -0.3 is 4.74 Å². The lowest BCUT2D eigenvalue weighted by molar-refractivity contribution is 0.112. The van der Waals surface area contributed by atoms with Gasteiger partial charge in [-0.2, -0.15) is 0 Å². The Kier molecular flexibility index (Phi) is 3.37. The third kappa shape index (κ3) is 2.71. The first-order valence-electron chi connectivity index (χ1n) is 5.28. The van der Waals surface area contributed by atoms with Crippen molar-refractivity contribution in [3.8, 4) is 11.5 Å². The first-order chi connectivity index (χ1) is 8.58. The zero-order valence-electron chi connectivity index (χ0n) is 9.61. The molecular weight excluding hydrogens is 238 g/mol. The van der Waals surface area contributed by atoms with Gasteiger partial charge in [-0.05, 0) is 19.1 Å². The lowest BCUT2D eigenvalue weighted by atomic mass is 10.1. The molecule has 0 saturated heterocycles. The van der Waals surface area contributed by atoms with Crippen LogP contribution in [0.3, 0.4) is 0 Å². The van der Waals surface area contributed by atoms with Crippen molar-refractivity contribution in [1.82, 2.24) is 0 Å². The Balaban J connectivity index is 2.36. The lowest BCUT2D eigenvalue weighted by Gasteiger charge is -2.08. The van der Waals surface area contributed by atoms with Gasteiger partial charge in [-0.3, -0.25) is 4.79 Å². The fourth-order valence-corrected chi connectivity index (χ4v) is 1.57. The standard InChI is InChI=1S/C14H10F2O2/c1-9-2-3-14(10(4-9)8-17)18-13-6-11(15)5-12(16)7-13/h2-8H,1H3. The number of rotatable bonds is 3. The highest BCUT2D eigenvalue weighted by Crippen LogP contribution is 2.26. The highest BCUT2D eigenvalue weighted by Gasteiger charge is 2.07. The largest absolute Gasteiger partial charge is 0.456 e. The first-order valence-corrected chi connectivity index (χ1v) is 5.28. The van der Waals surface area contributed by atoms with Crippen LogP contribution < -0.4 is 4.74 Å². The molecule has 0 spiro atoms. The van der Waals surface area contributed by atoms with E-state index in [-0.39, 0.29) is 11.5 Å². The average Bonchev–Trinajstić information content (AvgIpc) is 2.30. The van der Waals surface area contributed by atoms with E-state index in [9.17, 15) is 13.6 Å². The van der Waals surface area contributed by atoms with Crippen molar-refractivity contribution in [2.24, 2.45) is 0 Å². The van der Waals surface area contributed by atoms with Gasteiger partial charge in [0.25, 0.3) is 0 Å². The number of halogens is 2. The highest BCUT2D eigenvalue weighted by atomic mass is 19.1. The molecule has 92 valence electrons. The van der Waals surface area contributed by atoms with Crippen LogP contribution in [0, 0.1) is 18.6 Å². The molecule has 0 unspecified atom stereocenters. The molecule has 0 radical (unpaired) electrons. The topological polar surface area (TPSA) is 26.3 Å². The van der Waals surface area contributed by atoms with Gasteiger partial charge in [-0.15, -0.1) is 0 Å². The number of ether oxygens (including phenoxy) is 1. The van der Waals surface area contributed by atoms with E-state index in [4.69, 9.17) is 4.74 Å².